The smallest absolute Gasteiger partial charge is 0.293 e. The SMILES string of the molecule is CC(C)Cn1ccnc(N2CCCCC2C(C)N)c1=O. The Labute approximate surface area is 120 Å². The van der Waals surface area contributed by atoms with Crippen LogP contribution in [-0.2, 0) is 6.54 Å². The second-order valence-electron chi connectivity index (χ2n) is 6.22. The molecule has 5 heteroatoms. The molecule has 1 saturated heterocycles. The summed E-state index contributed by atoms with van der Waals surface area (Å²) in [7, 11) is 0. The summed E-state index contributed by atoms with van der Waals surface area (Å²) in [6.45, 7) is 7.83. The van der Waals surface area contributed by atoms with Crippen LogP contribution in [0.2, 0.25) is 0 Å². The molecule has 2 atom stereocenters. The van der Waals surface area contributed by atoms with Crippen molar-refractivity contribution in [3.63, 3.8) is 0 Å². The van der Waals surface area contributed by atoms with Gasteiger partial charge >= 0.3 is 0 Å². The number of hydrogen-bond acceptors (Lipinski definition) is 4. The Morgan fingerprint density at radius 3 is 2.80 bits per heavy atom. The van der Waals surface area contributed by atoms with Crippen LogP contribution in [0.25, 0.3) is 0 Å². The standard InChI is InChI=1S/C15H26N4O/c1-11(2)10-18-9-7-17-14(15(18)20)19-8-5-4-6-13(19)12(3)16/h7,9,11-13H,4-6,8,10,16H2,1-3H3. The lowest BCUT2D eigenvalue weighted by atomic mass is 9.97. The van der Waals surface area contributed by atoms with Gasteiger partial charge in [0.2, 0.25) is 0 Å². The average Bonchev–Trinajstić information content (AvgIpc) is 2.40. The van der Waals surface area contributed by atoms with E-state index in [1.807, 2.05) is 6.92 Å². The van der Waals surface area contributed by atoms with E-state index in [4.69, 9.17) is 5.73 Å². The van der Waals surface area contributed by atoms with Crippen molar-refractivity contribution in [1.29, 1.82) is 0 Å². The van der Waals surface area contributed by atoms with Gasteiger partial charge in [0.1, 0.15) is 0 Å². The van der Waals surface area contributed by atoms with E-state index < -0.39 is 0 Å². The summed E-state index contributed by atoms with van der Waals surface area (Å²) in [4.78, 5) is 19.0. The summed E-state index contributed by atoms with van der Waals surface area (Å²) in [5.41, 5.74) is 6.09. The first kappa shape index (κ1) is 15.0. The molecule has 2 unspecified atom stereocenters. The third kappa shape index (κ3) is 3.20. The number of nitrogens with two attached hydrogens (primary N) is 1. The molecule has 0 bridgehead atoms. The number of rotatable bonds is 4. The number of hydrogen-bond donors (Lipinski definition) is 1. The Hall–Kier alpha value is -1.36. The summed E-state index contributed by atoms with van der Waals surface area (Å²) < 4.78 is 1.76. The van der Waals surface area contributed by atoms with Crippen molar-refractivity contribution in [2.75, 3.05) is 11.4 Å². The third-order valence-corrected chi connectivity index (χ3v) is 3.89. The second kappa shape index (κ2) is 6.39. The van der Waals surface area contributed by atoms with E-state index in [9.17, 15) is 4.79 Å². The summed E-state index contributed by atoms with van der Waals surface area (Å²) in [6.07, 6.45) is 6.82. The monoisotopic (exact) mass is 278 g/mol. The molecule has 0 radical (unpaired) electrons. The van der Waals surface area contributed by atoms with Gasteiger partial charge in [0.05, 0.1) is 0 Å². The molecule has 112 valence electrons. The third-order valence-electron chi connectivity index (χ3n) is 3.89. The Balaban J connectivity index is 2.33. The van der Waals surface area contributed by atoms with Crippen LogP contribution in [-0.4, -0.2) is 28.2 Å². The van der Waals surface area contributed by atoms with E-state index in [0.29, 0.717) is 11.7 Å². The fourth-order valence-electron chi connectivity index (χ4n) is 2.94. The molecule has 2 heterocycles. The largest absolute Gasteiger partial charge is 0.347 e. The van der Waals surface area contributed by atoms with Gasteiger partial charge in [0.15, 0.2) is 5.82 Å². The highest BCUT2D eigenvalue weighted by atomic mass is 16.1. The highest BCUT2D eigenvalue weighted by Gasteiger charge is 2.28. The molecule has 0 amide bonds. The first-order valence-corrected chi connectivity index (χ1v) is 7.58. The van der Waals surface area contributed by atoms with E-state index in [2.05, 4.69) is 23.7 Å². The maximum atomic E-state index is 12.6. The van der Waals surface area contributed by atoms with Crippen molar-refractivity contribution in [2.24, 2.45) is 11.7 Å². The van der Waals surface area contributed by atoms with Crippen LogP contribution in [0.4, 0.5) is 5.82 Å². The van der Waals surface area contributed by atoms with Crippen molar-refractivity contribution < 1.29 is 0 Å². The summed E-state index contributed by atoms with van der Waals surface area (Å²) in [6, 6.07) is 0.272. The number of piperidine rings is 1. The average molecular weight is 278 g/mol. The highest BCUT2D eigenvalue weighted by Crippen LogP contribution is 2.22. The molecule has 0 aromatic carbocycles. The lowest BCUT2D eigenvalue weighted by molar-refractivity contribution is 0.407. The van der Waals surface area contributed by atoms with Gasteiger partial charge in [-0.05, 0) is 32.1 Å². The minimum Gasteiger partial charge on any atom is -0.347 e. The van der Waals surface area contributed by atoms with Crippen LogP contribution < -0.4 is 16.2 Å². The summed E-state index contributed by atoms with van der Waals surface area (Å²) in [5.74, 6) is 1.00. The molecular formula is C15H26N4O. The highest BCUT2D eigenvalue weighted by molar-refractivity contribution is 5.38. The molecule has 2 N–H and O–H groups in total. The minimum atomic E-state index is 0.00810. The molecule has 5 nitrogen and oxygen atoms in total. The van der Waals surface area contributed by atoms with E-state index in [1.165, 1.54) is 6.42 Å². The van der Waals surface area contributed by atoms with Crippen LogP contribution in [0.5, 0.6) is 0 Å². The zero-order valence-corrected chi connectivity index (χ0v) is 12.7. The minimum absolute atomic E-state index is 0.00810. The zero-order valence-electron chi connectivity index (χ0n) is 12.7. The van der Waals surface area contributed by atoms with Gasteiger partial charge in [-0.25, -0.2) is 4.98 Å². The van der Waals surface area contributed by atoms with Crippen molar-refractivity contribution in [2.45, 2.75) is 58.7 Å². The molecule has 20 heavy (non-hydrogen) atoms. The molecule has 0 spiro atoms. The molecule has 2 rings (SSSR count). The summed E-state index contributed by atoms with van der Waals surface area (Å²) in [5, 5.41) is 0. The van der Waals surface area contributed by atoms with E-state index in [1.54, 1.807) is 17.0 Å². The van der Waals surface area contributed by atoms with Crippen molar-refractivity contribution in [3.05, 3.63) is 22.7 Å². The fraction of sp³-hybridized carbons (Fsp3) is 0.733. The molecule has 1 aromatic rings. The predicted molar refractivity (Wildman–Crippen MR) is 82.0 cm³/mol. The maximum absolute atomic E-state index is 12.6. The van der Waals surface area contributed by atoms with Crippen LogP contribution in [0.15, 0.2) is 17.2 Å². The molecule has 1 aliphatic heterocycles. The summed E-state index contributed by atoms with van der Waals surface area (Å²) >= 11 is 0. The molecular weight excluding hydrogens is 252 g/mol. The van der Waals surface area contributed by atoms with Gasteiger partial charge in [-0.15, -0.1) is 0 Å². The van der Waals surface area contributed by atoms with E-state index >= 15 is 0 Å². The number of anilines is 1. The molecule has 1 aromatic heterocycles. The molecule has 0 aliphatic carbocycles. The normalized spacial score (nSPS) is 21.2. The van der Waals surface area contributed by atoms with Crippen LogP contribution >= 0.6 is 0 Å². The Morgan fingerprint density at radius 2 is 2.15 bits per heavy atom. The molecule has 1 aliphatic rings. The van der Waals surface area contributed by atoms with Crippen LogP contribution in [0.3, 0.4) is 0 Å². The lowest BCUT2D eigenvalue weighted by Crippen LogP contribution is -2.51. The molecule has 1 fully saturated rings. The first-order chi connectivity index (χ1) is 9.50. The van der Waals surface area contributed by atoms with Crippen molar-refractivity contribution in [3.8, 4) is 0 Å². The zero-order chi connectivity index (χ0) is 14.7. The van der Waals surface area contributed by atoms with E-state index in [-0.39, 0.29) is 17.6 Å². The van der Waals surface area contributed by atoms with Gasteiger partial charge in [0.25, 0.3) is 5.56 Å². The lowest BCUT2D eigenvalue weighted by Gasteiger charge is -2.38. The van der Waals surface area contributed by atoms with Gasteiger partial charge in [-0.3, -0.25) is 4.79 Å². The quantitative estimate of drug-likeness (QED) is 0.908. The Kier molecular flexibility index (Phi) is 4.81. The predicted octanol–water partition coefficient (Wildman–Crippen LogP) is 1.61. The van der Waals surface area contributed by atoms with Gasteiger partial charge in [-0.1, -0.05) is 13.8 Å². The van der Waals surface area contributed by atoms with Gasteiger partial charge in [-0.2, -0.15) is 0 Å². The molecule has 0 saturated carbocycles. The van der Waals surface area contributed by atoms with Crippen LogP contribution in [0.1, 0.15) is 40.0 Å². The number of aromatic nitrogens is 2. The second-order valence-corrected chi connectivity index (χ2v) is 6.22. The number of nitrogens with zero attached hydrogens (tertiary/aromatic N) is 3. The van der Waals surface area contributed by atoms with Crippen molar-refractivity contribution >= 4 is 5.82 Å². The maximum Gasteiger partial charge on any atom is 0.293 e. The topological polar surface area (TPSA) is 64.2 Å². The van der Waals surface area contributed by atoms with Gasteiger partial charge < -0.3 is 15.2 Å². The Morgan fingerprint density at radius 1 is 1.40 bits per heavy atom. The Bertz CT molecular complexity index is 495. The van der Waals surface area contributed by atoms with E-state index in [0.717, 1.165) is 25.9 Å². The first-order valence-electron chi connectivity index (χ1n) is 7.58. The van der Waals surface area contributed by atoms with Crippen molar-refractivity contribution in [1.82, 2.24) is 9.55 Å². The van der Waals surface area contributed by atoms with Crippen LogP contribution in [0, 0.1) is 5.92 Å². The fourth-order valence-corrected chi connectivity index (χ4v) is 2.94. The van der Waals surface area contributed by atoms with Gasteiger partial charge in [0, 0.05) is 37.6 Å².